The van der Waals surface area contributed by atoms with Crippen LogP contribution in [0.4, 0.5) is 110 Å². The first-order valence-corrected chi connectivity index (χ1v) is 12.3. The van der Waals surface area contributed by atoms with Gasteiger partial charge in [0.25, 0.3) is 0 Å². The predicted octanol–water partition coefficient (Wildman–Crippen LogP) is 8.18. The molecule has 0 saturated carbocycles. The molecule has 0 bridgehead atoms. The summed E-state index contributed by atoms with van der Waals surface area (Å²) in [7, 11) is 0. The van der Waals surface area contributed by atoms with Crippen molar-refractivity contribution in [1.29, 1.82) is 0 Å². The van der Waals surface area contributed by atoms with Gasteiger partial charge in [-0.15, -0.1) is 0 Å². The monoisotopic (exact) mass is 836 g/mol. The van der Waals surface area contributed by atoms with Crippen molar-refractivity contribution in [2.45, 2.75) is 65.9 Å². The third-order valence-electron chi connectivity index (χ3n) is 4.23. The maximum absolute atomic E-state index is 13.9. The van der Waals surface area contributed by atoms with Crippen LogP contribution in [0.25, 0.3) is 0 Å². The molecule has 0 amide bonds. The third-order valence-corrected chi connectivity index (χ3v) is 7.60. The van der Waals surface area contributed by atoms with Crippen molar-refractivity contribution in [2.75, 3.05) is 4.43 Å². The van der Waals surface area contributed by atoms with E-state index in [1.165, 1.54) is 0 Å². The van der Waals surface area contributed by atoms with E-state index in [4.69, 9.17) is 0 Å². The molecule has 30 heteroatoms. The normalized spacial score (nSPS) is 16.1. The minimum atomic E-state index is -9.36. The Labute approximate surface area is 229 Å². The van der Waals surface area contributed by atoms with Crippen LogP contribution in [0.1, 0.15) is 0 Å². The summed E-state index contributed by atoms with van der Waals surface area (Å²) in [5.74, 6) is -79.2. The van der Waals surface area contributed by atoms with Gasteiger partial charge in [0.15, 0.2) is 0 Å². The minimum absolute atomic E-state index is 2.69. The molecule has 0 aliphatic rings. The topological polar surface area (TPSA) is 52.6 Å². The Morgan fingerprint density at radius 2 is 0.614 bits per heavy atom. The molecule has 0 saturated heterocycles. The van der Waals surface area contributed by atoms with E-state index in [2.05, 4.69) is 6.13 Å². The summed E-state index contributed by atoms with van der Waals surface area (Å²) in [4.78, 5) is 21.2. The van der Waals surface area contributed by atoms with Crippen molar-refractivity contribution in [3.8, 4) is 0 Å². The molecule has 0 aliphatic carbocycles. The Balaban J connectivity index is 7.02. The summed E-state index contributed by atoms with van der Waals surface area (Å²) in [6, 6.07) is 0. The van der Waals surface area contributed by atoms with E-state index in [1.54, 1.807) is 0 Å². The first-order valence-electron chi connectivity index (χ1n) is 8.97. The quantitative estimate of drug-likeness (QED) is 0.120. The van der Waals surface area contributed by atoms with Gasteiger partial charge in [0.1, 0.15) is 0 Å². The van der Waals surface area contributed by atoms with E-state index >= 15 is 0 Å². The zero-order chi connectivity index (χ0) is 36.4. The van der Waals surface area contributed by atoms with Crippen molar-refractivity contribution in [1.82, 2.24) is 0 Å². The third kappa shape index (κ3) is 6.71. The summed E-state index contributed by atoms with van der Waals surface area (Å²) in [6.45, 7) is 0. The van der Waals surface area contributed by atoms with Gasteiger partial charge in [0.05, 0.1) is 0 Å². The molecule has 0 unspecified atom stereocenters. The summed E-state index contributed by atoms with van der Waals surface area (Å²) in [5.41, 5.74) is 0. The van der Waals surface area contributed by atoms with Crippen LogP contribution in [0, 0.1) is 0 Å². The van der Waals surface area contributed by atoms with Gasteiger partial charge in [-0.05, 0) is 0 Å². The molecule has 0 aromatic heterocycles. The molecule has 0 radical (unpaired) electrons. The Bertz CT molecular complexity index is 1040. The first kappa shape index (κ1) is 41.9. The zero-order valence-corrected chi connectivity index (χ0v) is 20.8. The number of hydrogen-bond donors (Lipinski definition) is 0. The van der Waals surface area contributed by atoms with E-state index < -0.39 is 103 Å². The van der Waals surface area contributed by atoms with Crippen LogP contribution in [0.15, 0.2) is 0 Å². The van der Waals surface area contributed by atoms with Crippen molar-refractivity contribution in [3.05, 3.63) is 0 Å². The van der Waals surface area contributed by atoms with E-state index in [0.29, 0.717) is 0 Å². The second-order valence-corrected chi connectivity index (χ2v) is 10.6. The molecule has 0 aromatic rings. The Morgan fingerprint density at radius 1 is 0.386 bits per heavy atom. The Morgan fingerprint density at radius 3 is 0.841 bits per heavy atom. The number of alkyl halides is 26. The molecule has 0 atom stereocenters. The van der Waals surface area contributed by atoms with Crippen LogP contribution in [-0.4, -0.2) is 82.3 Å². The van der Waals surface area contributed by atoms with Crippen LogP contribution < -0.4 is 0 Å². The van der Waals surface area contributed by atoms with Gasteiger partial charge >= 0.3 is 228 Å². The van der Waals surface area contributed by atoms with Crippen molar-refractivity contribution in [2.24, 2.45) is 0 Å². The fourth-order valence-electron chi connectivity index (χ4n) is 1.93. The van der Waals surface area contributed by atoms with Gasteiger partial charge in [-0.3, -0.25) is 0 Å². The molecular formula is C14H2F25IO4. The molecule has 4 nitrogen and oxygen atoms in total. The summed E-state index contributed by atoms with van der Waals surface area (Å²) in [6.07, 6.45) is -21.2. The molecule has 0 aliphatic heterocycles. The molecule has 0 rings (SSSR count). The molecule has 0 aromatic carbocycles. The molecule has 0 N–H and O–H groups in total. The number of rotatable bonds is 11. The van der Waals surface area contributed by atoms with Crippen LogP contribution in [-0.2, 0) is 15.7 Å². The van der Waals surface area contributed by atoms with Gasteiger partial charge in [-0.1, -0.05) is 0 Å². The maximum atomic E-state index is 13.9. The Hall–Kier alpha value is -2.08. The number of carbonyl (C=O) groups excluding carboxylic acids is 2. The van der Waals surface area contributed by atoms with E-state index in [0.717, 1.165) is 0 Å². The van der Waals surface area contributed by atoms with E-state index in [9.17, 15) is 119 Å². The van der Waals surface area contributed by atoms with Gasteiger partial charge in [-0.2, -0.15) is 0 Å². The summed E-state index contributed by atoms with van der Waals surface area (Å²) < 4.78 is 326. The SMILES string of the molecule is O=C(OI(CC(F)(F)C(F)(F)C(F)(F)C(F)(F)C(F)(F)C(F)(F)C(F)(F)C(F)(F)C(F)(F)F)OC(=O)C(F)(F)F)C(F)(F)F. The molecule has 264 valence electrons. The average Bonchev–Trinajstić information content (AvgIpc) is 2.75. The fourth-order valence-corrected chi connectivity index (χ4v) is 4.98. The van der Waals surface area contributed by atoms with Gasteiger partial charge in [-0.25, -0.2) is 0 Å². The fraction of sp³-hybridized carbons (Fsp3) is 0.857. The van der Waals surface area contributed by atoms with Crippen LogP contribution in [0.2, 0.25) is 0 Å². The number of halogens is 26. The van der Waals surface area contributed by atoms with Crippen molar-refractivity contribution >= 4 is 32.6 Å². The van der Waals surface area contributed by atoms with Crippen molar-refractivity contribution < 1.29 is 125 Å². The van der Waals surface area contributed by atoms with Gasteiger partial charge in [0, 0.05) is 0 Å². The van der Waals surface area contributed by atoms with E-state index in [1.807, 2.05) is 0 Å². The van der Waals surface area contributed by atoms with Crippen LogP contribution in [0.5, 0.6) is 0 Å². The summed E-state index contributed by atoms with van der Waals surface area (Å²) >= 11 is -6.90. The van der Waals surface area contributed by atoms with Gasteiger partial charge < -0.3 is 0 Å². The first-order chi connectivity index (χ1) is 18.6. The summed E-state index contributed by atoms with van der Waals surface area (Å²) in [5, 5.41) is 0. The average molecular weight is 836 g/mol. The molecule has 0 fully saturated rings. The number of hydrogen-bond acceptors (Lipinski definition) is 4. The number of carbonyl (C=O) groups is 2. The van der Waals surface area contributed by atoms with Crippen LogP contribution in [0.3, 0.4) is 0 Å². The zero-order valence-electron chi connectivity index (χ0n) is 18.7. The second-order valence-electron chi connectivity index (χ2n) is 7.36. The standard InChI is InChI=1S/C14H2F25IO4/c15-4(16,1-40(43-2(41)5(17,18)19)44-3(42)6(20,21)22)7(23,24)8(25,26)9(27,28)10(29,30)11(31,32)12(33,34)13(35,36)14(37,38)39/h1H2. The molecule has 0 spiro atoms. The Kier molecular flexibility index (Phi) is 10.8. The van der Waals surface area contributed by atoms with E-state index in [-0.39, 0.29) is 0 Å². The van der Waals surface area contributed by atoms with Gasteiger partial charge in [0.2, 0.25) is 0 Å². The van der Waals surface area contributed by atoms with Crippen molar-refractivity contribution in [3.63, 3.8) is 0 Å². The predicted molar refractivity (Wildman–Crippen MR) is 88.8 cm³/mol. The molecular weight excluding hydrogens is 834 g/mol. The second kappa shape index (κ2) is 11.3. The molecule has 0 heterocycles. The van der Waals surface area contributed by atoms with Crippen LogP contribution >= 0.6 is 20.6 Å². The molecule has 44 heavy (non-hydrogen) atoms.